The van der Waals surface area contributed by atoms with Crippen LogP contribution >= 0.6 is 0 Å². The van der Waals surface area contributed by atoms with Gasteiger partial charge in [-0.05, 0) is 24.0 Å². The highest BCUT2D eigenvalue weighted by Crippen LogP contribution is 2.18. The average molecular weight is 311 g/mol. The first kappa shape index (κ1) is 16.2. The molecule has 0 aromatic heterocycles. The third-order valence-corrected chi connectivity index (χ3v) is 4.26. The van der Waals surface area contributed by atoms with Gasteiger partial charge in [-0.1, -0.05) is 60.7 Å². The second-order valence-corrected chi connectivity index (χ2v) is 6.02. The maximum absolute atomic E-state index is 5.98. The van der Waals surface area contributed by atoms with Crippen molar-refractivity contribution in [2.45, 2.75) is 31.5 Å². The minimum atomic E-state index is 0.225. The topological polar surface area (TPSA) is 30.5 Å². The van der Waals surface area contributed by atoms with E-state index in [0.717, 1.165) is 26.1 Å². The Morgan fingerprint density at radius 2 is 1.61 bits per heavy atom. The summed E-state index contributed by atoms with van der Waals surface area (Å²) in [6.45, 7) is 3.03. The van der Waals surface area contributed by atoms with Crippen LogP contribution in [0.2, 0.25) is 0 Å². The van der Waals surface area contributed by atoms with Crippen molar-refractivity contribution in [2.24, 2.45) is 0 Å². The summed E-state index contributed by atoms with van der Waals surface area (Å²) in [6.07, 6.45) is 2.14. The molecule has 1 fully saturated rings. The van der Waals surface area contributed by atoms with Crippen molar-refractivity contribution < 1.29 is 9.47 Å². The average Bonchev–Trinajstić information content (AvgIpc) is 2.63. The zero-order valence-corrected chi connectivity index (χ0v) is 13.5. The fourth-order valence-corrected chi connectivity index (χ4v) is 2.94. The predicted octanol–water partition coefficient (Wildman–Crippen LogP) is 3.71. The smallest absolute Gasteiger partial charge is 0.0717 e. The minimum Gasteiger partial charge on any atom is -0.381 e. The first-order chi connectivity index (χ1) is 11.4. The van der Waals surface area contributed by atoms with Gasteiger partial charge in [-0.15, -0.1) is 0 Å². The highest BCUT2D eigenvalue weighted by atomic mass is 16.5. The van der Waals surface area contributed by atoms with Crippen LogP contribution < -0.4 is 5.32 Å². The van der Waals surface area contributed by atoms with Crippen LogP contribution in [0.25, 0.3) is 0 Å². The van der Waals surface area contributed by atoms with Crippen LogP contribution in [0.5, 0.6) is 0 Å². The first-order valence-electron chi connectivity index (χ1n) is 8.42. The van der Waals surface area contributed by atoms with Gasteiger partial charge in [0.2, 0.25) is 0 Å². The van der Waals surface area contributed by atoms with Crippen molar-refractivity contribution in [1.82, 2.24) is 5.32 Å². The molecule has 0 unspecified atom stereocenters. The van der Waals surface area contributed by atoms with Gasteiger partial charge in [0.25, 0.3) is 0 Å². The molecule has 2 aromatic rings. The number of hydrogen-bond acceptors (Lipinski definition) is 3. The quantitative estimate of drug-likeness (QED) is 0.845. The van der Waals surface area contributed by atoms with Crippen LogP contribution in [0.15, 0.2) is 60.7 Å². The maximum atomic E-state index is 5.98. The summed E-state index contributed by atoms with van der Waals surface area (Å²) in [6, 6.07) is 21.6. The monoisotopic (exact) mass is 311 g/mol. The molecule has 3 heteroatoms. The van der Waals surface area contributed by atoms with Crippen LogP contribution in [0, 0.1) is 0 Å². The molecule has 0 aliphatic carbocycles. The molecular formula is C20H25NO2. The molecule has 0 radical (unpaired) electrons. The van der Waals surface area contributed by atoms with E-state index in [2.05, 4.69) is 47.8 Å². The SMILES string of the molecule is c1ccc(COC[C@H](NC2CCOCC2)c2ccccc2)cc1. The van der Waals surface area contributed by atoms with Crippen molar-refractivity contribution in [2.75, 3.05) is 19.8 Å². The Kier molecular flexibility index (Phi) is 6.21. The van der Waals surface area contributed by atoms with E-state index in [9.17, 15) is 0 Å². The molecule has 1 saturated heterocycles. The van der Waals surface area contributed by atoms with Gasteiger partial charge in [0.1, 0.15) is 0 Å². The number of nitrogens with one attached hydrogen (secondary N) is 1. The third-order valence-electron chi connectivity index (χ3n) is 4.26. The molecule has 0 bridgehead atoms. The van der Waals surface area contributed by atoms with E-state index in [0.29, 0.717) is 19.3 Å². The second kappa shape index (κ2) is 8.82. The molecule has 0 saturated carbocycles. The molecular weight excluding hydrogens is 286 g/mol. The van der Waals surface area contributed by atoms with Crippen LogP contribution in [-0.4, -0.2) is 25.9 Å². The maximum Gasteiger partial charge on any atom is 0.0717 e. The first-order valence-corrected chi connectivity index (χ1v) is 8.42. The van der Waals surface area contributed by atoms with Gasteiger partial charge in [0.05, 0.1) is 19.3 Å². The van der Waals surface area contributed by atoms with E-state index in [1.165, 1.54) is 11.1 Å². The lowest BCUT2D eigenvalue weighted by Crippen LogP contribution is -2.39. The number of ether oxygens (including phenoxy) is 2. The van der Waals surface area contributed by atoms with Crippen molar-refractivity contribution in [3.8, 4) is 0 Å². The Bertz CT molecular complexity index is 552. The van der Waals surface area contributed by atoms with Crippen LogP contribution in [0.3, 0.4) is 0 Å². The molecule has 2 aromatic carbocycles. The van der Waals surface area contributed by atoms with Gasteiger partial charge in [-0.25, -0.2) is 0 Å². The molecule has 0 spiro atoms. The van der Waals surface area contributed by atoms with Gasteiger partial charge in [-0.3, -0.25) is 0 Å². The normalized spacial score (nSPS) is 17.0. The van der Waals surface area contributed by atoms with Crippen LogP contribution in [0.1, 0.15) is 30.0 Å². The second-order valence-electron chi connectivity index (χ2n) is 6.02. The molecule has 3 rings (SSSR count). The lowest BCUT2D eigenvalue weighted by molar-refractivity contribution is 0.0594. The summed E-state index contributed by atoms with van der Waals surface area (Å²) < 4.78 is 11.4. The molecule has 0 amide bonds. The minimum absolute atomic E-state index is 0.225. The summed E-state index contributed by atoms with van der Waals surface area (Å²) in [5.41, 5.74) is 2.50. The summed E-state index contributed by atoms with van der Waals surface area (Å²) in [5, 5.41) is 3.75. The van der Waals surface area contributed by atoms with Crippen molar-refractivity contribution in [3.05, 3.63) is 71.8 Å². The molecule has 1 aliphatic rings. The Morgan fingerprint density at radius 1 is 0.957 bits per heavy atom. The molecule has 1 atom stereocenters. The number of hydrogen-bond donors (Lipinski definition) is 1. The van der Waals surface area contributed by atoms with E-state index in [1.54, 1.807) is 0 Å². The van der Waals surface area contributed by atoms with Gasteiger partial charge < -0.3 is 14.8 Å². The van der Waals surface area contributed by atoms with E-state index >= 15 is 0 Å². The van der Waals surface area contributed by atoms with E-state index in [4.69, 9.17) is 9.47 Å². The van der Waals surface area contributed by atoms with Crippen molar-refractivity contribution in [3.63, 3.8) is 0 Å². The highest BCUT2D eigenvalue weighted by Gasteiger charge is 2.19. The Labute approximate surface area is 138 Å². The fourth-order valence-electron chi connectivity index (χ4n) is 2.94. The summed E-state index contributed by atoms with van der Waals surface area (Å²) in [4.78, 5) is 0. The molecule has 1 heterocycles. The van der Waals surface area contributed by atoms with Gasteiger partial charge >= 0.3 is 0 Å². The third kappa shape index (κ3) is 5.17. The lowest BCUT2D eigenvalue weighted by Gasteiger charge is -2.29. The van der Waals surface area contributed by atoms with Crippen molar-refractivity contribution >= 4 is 0 Å². The number of rotatable bonds is 7. The van der Waals surface area contributed by atoms with Crippen molar-refractivity contribution in [1.29, 1.82) is 0 Å². The molecule has 1 N–H and O–H groups in total. The Hall–Kier alpha value is -1.68. The summed E-state index contributed by atoms with van der Waals surface area (Å²) >= 11 is 0. The zero-order valence-electron chi connectivity index (χ0n) is 13.5. The lowest BCUT2D eigenvalue weighted by atomic mass is 10.0. The van der Waals surface area contributed by atoms with Crippen LogP contribution in [0.4, 0.5) is 0 Å². The predicted molar refractivity (Wildman–Crippen MR) is 92.3 cm³/mol. The van der Waals surface area contributed by atoms with E-state index < -0.39 is 0 Å². The Morgan fingerprint density at radius 3 is 2.30 bits per heavy atom. The largest absolute Gasteiger partial charge is 0.381 e. The van der Waals surface area contributed by atoms with Gasteiger partial charge in [0, 0.05) is 19.3 Å². The Balaban J connectivity index is 1.58. The molecule has 23 heavy (non-hydrogen) atoms. The number of benzene rings is 2. The molecule has 3 nitrogen and oxygen atoms in total. The van der Waals surface area contributed by atoms with E-state index in [-0.39, 0.29) is 6.04 Å². The summed E-state index contributed by atoms with van der Waals surface area (Å²) in [5.74, 6) is 0. The molecule has 122 valence electrons. The van der Waals surface area contributed by atoms with E-state index in [1.807, 2.05) is 18.2 Å². The zero-order chi connectivity index (χ0) is 15.7. The highest BCUT2D eigenvalue weighted by molar-refractivity contribution is 5.19. The van der Waals surface area contributed by atoms with Gasteiger partial charge in [0.15, 0.2) is 0 Å². The van der Waals surface area contributed by atoms with Crippen LogP contribution in [-0.2, 0) is 16.1 Å². The standard InChI is InChI=1S/C20H25NO2/c1-3-7-17(8-4-1)15-23-16-20(18-9-5-2-6-10-18)21-19-11-13-22-14-12-19/h1-10,19-21H,11-16H2/t20-/m0/s1. The summed E-state index contributed by atoms with van der Waals surface area (Å²) in [7, 11) is 0. The fraction of sp³-hybridized carbons (Fsp3) is 0.400. The van der Waals surface area contributed by atoms with Gasteiger partial charge in [-0.2, -0.15) is 0 Å². The molecule has 1 aliphatic heterocycles.